The van der Waals surface area contributed by atoms with Gasteiger partial charge in [-0.25, -0.2) is 4.98 Å². The molecule has 0 fully saturated rings. The molecule has 2 aromatic rings. The third-order valence-corrected chi connectivity index (χ3v) is 3.38. The fourth-order valence-corrected chi connectivity index (χ4v) is 1.99. The zero-order valence-electron chi connectivity index (χ0n) is 11.5. The number of carbonyl (C=O) groups is 1. The Kier molecular flexibility index (Phi) is 4.79. The normalized spacial score (nSPS) is 12.2. The lowest BCUT2D eigenvalue weighted by molar-refractivity contribution is -0.123. The third-order valence-electron chi connectivity index (χ3n) is 3.08. The van der Waals surface area contributed by atoms with Crippen molar-refractivity contribution in [3.05, 3.63) is 35.6 Å². The highest BCUT2D eigenvalue weighted by molar-refractivity contribution is 6.34. The Labute approximate surface area is 123 Å². The van der Waals surface area contributed by atoms with E-state index in [0.717, 1.165) is 17.2 Å². The van der Waals surface area contributed by atoms with E-state index in [1.165, 1.54) is 0 Å². The van der Waals surface area contributed by atoms with E-state index in [9.17, 15) is 4.79 Å². The van der Waals surface area contributed by atoms with Crippen LogP contribution in [0.1, 0.15) is 20.3 Å². The van der Waals surface area contributed by atoms with Crippen LogP contribution in [0.15, 0.2) is 30.5 Å². The fourth-order valence-electron chi connectivity index (χ4n) is 1.77. The van der Waals surface area contributed by atoms with E-state index in [1.807, 2.05) is 32.0 Å². The number of ether oxygens (including phenoxy) is 1. The Balaban J connectivity index is 2.03. The van der Waals surface area contributed by atoms with Crippen molar-refractivity contribution in [3.63, 3.8) is 0 Å². The summed E-state index contributed by atoms with van der Waals surface area (Å²) in [5.74, 6) is 0.475. The zero-order chi connectivity index (χ0) is 14.5. The number of halogens is 1. The van der Waals surface area contributed by atoms with Gasteiger partial charge in [0, 0.05) is 17.6 Å². The summed E-state index contributed by atoms with van der Waals surface area (Å²) >= 11 is 6.03. The lowest BCUT2D eigenvalue weighted by atomic mass is 10.2. The van der Waals surface area contributed by atoms with Gasteiger partial charge < -0.3 is 10.1 Å². The molecular weight excluding hydrogens is 276 g/mol. The van der Waals surface area contributed by atoms with Gasteiger partial charge in [0.25, 0.3) is 5.91 Å². The lowest BCUT2D eigenvalue weighted by Crippen LogP contribution is -2.35. The van der Waals surface area contributed by atoms with Crippen LogP contribution in [0.4, 0.5) is 0 Å². The molecule has 1 amide bonds. The van der Waals surface area contributed by atoms with Gasteiger partial charge in [0.1, 0.15) is 10.9 Å². The first kappa shape index (κ1) is 14.6. The first-order valence-electron chi connectivity index (χ1n) is 6.56. The number of fused-ring (bicyclic) bond motifs is 1. The van der Waals surface area contributed by atoms with Gasteiger partial charge in [0.15, 0.2) is 6.61 Å². The van der Waals surface area contributed by atoms with Crippen molar-refractivity contribution in [2.75, 3.05) is 6.61 Å². The van der Waals surface area contributed by atoms with E-state index >= 15 is 0 Å². The number of benzene rings is 1. The quantitative estimate of drug-likeness (QED) is 0.861. The summed E-state index contributed by atoms with van der Waals surface area (Å²) < 4.78 is 5.48. The molecule has 20 heavy (non-hydrogen) atoms. The highest BCUT2D eigenvalue weighted by Gasteiger charge is 2.07. The molecule has 5 heteroatoms. The summed E-state index contributed by atoms with van der Waals surface area (Å²) in [6.45, 7) is 3.97. The first-order chi connectivity index (χ1) is 9.60. The molecular formula is C15H17ClN2O2. The van der Waals surface area contributed by atoms with E-state index in [0.29, 0.717) is 10.9 Å². The molecule has 0 saturated heterocycles. The summed E-state index contributed by atoms with van der Waals surface area (Å²) in [7, 11) is 0. The Morgan fingerprint density at radius 2 is 2.25 bits per heavy atom. The smallest absolute Gasteiger partial charge is 0.258 e. The minimum Gasteiger partial charge on any atom is -0.484 e. The van der Waals surface area contributed by atoms with Crippen LogP contribution in [-0.2, 0) is 4.79 Å². The number of hydrogen-bond acceptors (Lipinski definition) is 3. The summed E-state index contributed by atoms with van der Waals surface area (Å²) in [5, 5.41) is 5.08. The SMILES string of the molecule is CCC(C)NC(=O)COc1ccc2ccnc(Cl)c2c1. The van der Waals surface area contributed by atoms with E-state index in [2.05, 4.69) is 10.3 Å². The van der Waals surface area contributed by atoms with Gasteiger partial charge in [-0.3, -0.25) is 4.79 Å². The second-order valence-corrected chi connectivity index (χ2v) is 5.01. The molecule has 1 aromatic carbocycles. The number of nitrogens with one attached hydrogen (secondary N) is 1. The maximum atomic E-state index is 11.6. The summed E-state index contributed by atoms with van der Waals surface area (Å²) in [6.07, 6.45) is 2.55. The van der Waals surface area contributed by atoms with Crippen molar-refractivity contribution in [1.29, 1.82) is 0 Å². The molecule has 1 heterocycles. The zero-order valence-corrected chi connectivity index (χ0v) is 12.3. The predicted octanol–water partition coefficient (Wildman–Crippen LogP) is 3.18. The van der Waals surface area contributed by atoms with Crippen molar-refractivity contribution in [2.24, 2.45) is 0 Å². The van der Waals surface area contributed by atoms with Crippen LogP contribution in [0.5, 0.6) is 5.75 Å². The summed E-state index contributed by atoms with van der Waals surface area (Å²) in [5.41, 5.74) is 0. The summed E-state index contributed by atoms with van der Waals surface area (Å²) in [6, 6.07) is 7.53. The van der Waals surface area contributed by atoms with Crippen molar-refractivity contribution in [3.8, 4) is 5.75 Å². The number of nitrogens with zero attached hydrogens (tertiary/aromatic N) is 1. The number of amides is 1. The molecule has 0 spiro atoms. The average molecular weight is 293 g/mol. The molecule has 4 nitrogen and oxygen atoms in total. The molecule has 0 aliphatic heterocycles. The van der Waals surface area contributed by atoms with Gasteiger partial charge in [0.05, 0.1) is 0 Å². The Bertz CT molecular complexity index is 616. The van der Waals surface area contributed by atoms with Gasteiger partial charge in [-0.05, 0) is 36.9 Å². The maximum Gasteiger partial charge on any atom is 0.258 e. The van der Waals surface area contributed by atoms with Gasteiger partial charge in [-0.1, -0.05) is 24.6 Å². The Morgan fingerprint density at radius 1 is 1.45 bits per heavy atom. The minimum atomic E-state index is -0.128. The van der Waals surface area contributed by atoms with E-state index in [-0.39, 0.29) is 18.6 Å². The molecule has 1 N–H and O–H groups in total. The second-order valence-electron chi connectivity index (χ2n) is 4.65. The first-order valence-corrected chi connectivity index (χ1v) is 6.94. The molecule has 1 unspecified atom stereocenters. The standard InChI is InChI=1S/C15H17ClN2O2/c1-3-10(2)18-14(19)9-20-12-5-4-11-6-7-17-15(16)13(11)8-12/h4-8,10H,3,9H2,1-2H3,(H,18,19). The molecule has 2 rings (SSSR count). The van der Waals surface area contributed by atoms with Crippen molar-refractivity contribution in [1.82, 2.24) is 10.3 Å². The van der Waals surface area contributed by atoms with Crippen LogP contribution in [-0.4, -0.2) is 23.5 Å². The van der Waals surface area contributed by atoms with Crippen molar-refractivity contribution < 1.29 is 9.53 Å². The second kappa shape index (κ2) is 6.57. The largest absolute Gasteiger partial charge is 0.484 e. The Morgan fingerprint density at radius 3 is 3.00 bits per heavy atom. The number of carbonyl (C=O) groups excluding carboxylic acids is 1. The van der Waals surface area contributed by atoms with Gasteiger partial charge >= 0.3 is 0 Å². The molecule has 1 aromatic heterocycles. The average Bonchev–Trinajstić information content (AvgIpc) is 2.45. The van der Waals surface area contributed by atoms with Crippen LogP contribution in [0.25, 0.3) is 10.8 Å². The van der Waals surface area contributed by atoms with Crippen molar-refractivity contribution in [2.45, 2.75) is 26.3 Å². The molecule has 0 bridgehead atoms. The van der Waals surface area contributed by atoms with Crippen LogP contribution in [0.2, 0.25) is 5.15 Å². The van der Waals surface area contributed by atoms with Crippen LogP contribution < -0.4 is 10.1 Å². The van der Waals surface area contributed by atoms with E-state index in [1.54, 1.807) is 12.3 Å². The van der Waals surface area contributed by atoms with Gasteiger partial charge in [0.2, 0.25) is 0 Å². The molecule has 0 radical (unpaired) electrons. The molecule has 0 aliphatic carbocycles. The highest BCUT2D eigenvalue weighted by atomic mass is 35.5. The minimum absolute atomic E-state index is 0.00622. The summed E-state index contributed by atoms with van der Waals surface area (Å²) in [4.78, 5) is 15.7. The number of pyridine rings is 1. The van der Waals surface area contributed by atoms with Gasteiger partial charge in [-0.2, -0.15) is 0 Å². The molecule has 0 saturated carbocycles. The predicted molar refractivity (Wildman–Crippen MR) is 80.1 cm³/mol. The fraction of sp³-hybridized carbons (Fsp3) is 0.333. The Hall–Kier alpha value is -1.81. The van der Waals surface area contributed by atoms with Crippen molar-refractivity contribution >= 4 is 28.3 Å². The van der Waals surface area contributed by atoms with Crippen LogP contribution in [0, 0.1) is 0 Å². The number of aromatic nitrogens is 1. The molecule has 0 aliphatic rings. The topological polar surface area (TPSA) is 51.2 Å². The van der Waals surface area contributed by atoms with Crippen LogP contribution >= 0.6 is 11.6 Å². The number of hydrogen-bond donors (Lipinski definition) is 1. The molecule has 106 valence electrons. The van der Waals surface area contributed by atoms with Gasteiger partial charge in [-0.15, -0.1) is 0 Å². The van der Waals surface area contributed by atoms with E-state index < -0.39 is 0 Å². The number of rotatable bonds is 5. The third kappa shape index (κ3) is 3.61. The maximum absolute atomic E-state index is 11.6. The highest BCUT2D eigenvalue weighted by Crippen LogP contribution is 2.25. The van der Waals surface area contributed by atoms with E-state index in [4.69, 9.17) is 16.3 Å². The monoisotopic (exact) mass is 292 g/mol. The van der Waals surface area contributed by atoms with Crippen LogP contribution in [0.3, 0.4) is 0 Å². The lowest BCUT2D eigenvalue weighted by Gasteiger charge is -2.12. The molecule has 1 atom stereocenters.